The van der Waals surface area contributed by atoms with E-state index in [1.54, 1.807) is 31.2 Å². The highest BCUT2D eigenvalue weighted by Crippen LogP contribution is 2.20. The predicted octanol–water partition coefficient (Wildman–Crippen LogP) is 2.07. The van der Waals surface area contributed by atoms with Gasteiger partial charge in [0.1, 0.15) is 0 Å². The fourth-order valence-electron chi connectivity index (χ4n) is 1.66. The van der Waals surface area contributed by atoms with Gasteiger partial charge in [-0.05, 0) is 31.9 Å². The first-order chi connectivity index (χ1) is 8.69. The number of nitrogens with one attached hydrogen (secondary N) is 1. The molecule has 1 aromatic rings. The molecule has 2 N–H and O–H groups in total. The van der Waals surface area contributed by atoms with Crippen LogP contribution in [0.3, 0.4) is 0 Å². The third-order valence-corrected chi connectivity index (χ3v) is 5.04. The summed E-state index contributed by atoms with van der Waals surface area (Å²) in [4.78, 5) is 0.220. The average molecular weight is 285 g/mol. The highest BCUT2D eigenvalue weighted by molar-refractivity contribution is 7.89. The molecule has 19 heavy (non-hydrogen) atoms. The Morgan fingerprint density at radius 2 is 1.84 bits per heavy atom. The molecule has 0 saturated heterocycles. The van der Waals surface area contributed by atoms with E-state index in [2.05, 4.69) is 4.72 Å². The minimum Gasteiger partial charge on any atom is -0.389 e. The minimum atomic E-state index is -3.56. The number of benzene rings is 1. The standard InChI is InChI=1S/C14H23NO3S/c1-5-12(3)14(4,16)10-15-19(17,18)13-8-6-11(2)7-9-13/h6-9,12,15-16H,5,10H2,1-4H3. The van der Waals surface area contributed by atoms with Crippen LogP contribution in [-0.2, 0) is 10.0 Å². The van der Waals surface area contributed by atoms with Crippen LogP contribution in [0, 0.1) is 12.8 Å². The number of rotatable bonds is 6. The molecule has 0 amide bonds. The molecule has 1 rings (SSSR count). The second kappa shape index (κ2) is 6.03. The minimum absolute atomic E-state index is 0.0121. The van der Waals surface area contributed by atoms with Crippen LogP contribution >= 0.6 is 0 Å². The third kappa shape index (κ3) is 4.30. The lowest BCUT2D eigenvalue weighted by Gasteiger charge is -2.29. The molecule has 0 radical (unpaired) electrons. The Balaban J connectivity index is 2.79. The third-order valence-electron chi connectivity index (χ3n) is 3.63. The Hall–Kier alpha value is -0.910. The molecule has 0 aliphatic rings. The van der Waals surface area contributed by atoms with E-state index < -0.39 is 15.6 Å². The Morgan fingerprint density at radius 1 is 1.32 bits per heavy atom. The maximum Gasteiger partial charge on any atom is 0.240 e. The zero-order valence-corrected chi connectivity index (χ0v) is 12.8. The predicted molar refractivity (Wildman–Crippen MR) is 76.4 cm³/mol. The van der Waals surface area contributed by atoms with Gasteiger partial charge in [-0.3, -0.25) is 0 Å². The number of hydrogen-bond acceptors (Lipinski definition) is 3. The lowest BCUT2D eigenvalue weighted by Crippen LogP contribution is -2.44. The Bertz CT molecular complexity index is 506. The molecule has 0 heterocycles. The molecule has 1 aromatic carbocycles. The molecule has 0 spiro atoms. The molecular formula is C14H23NO3S. The maximum atomic E-state index is 12.1. The first kappa shape index (κ1) is 16.1. The van der Waals surface area contributed by atoms with Gasteiger partial charge in [-0.1, -0.05) is 38.0 Å². The van der Waals surface area contributed by atoms with Crippen molar-refractivity contribution in [2.24, 2.45) is 5.92 Å². The van der Waals surface area contributed by atoms with E-state index in [0.29, 0.717) is 0 Å². The molecule has 108 valence electrons. The monoisotopic (exact) mass is 285 g/mol. The molecule has 0 saturated carbocycles. The van der Waals surface area contributed by atoms with Gasteiger partial charge in [0.15, 0.2) is 0 Å². The first-order valence-corrected chi connectivity index (χ1v) is 7.96. The van der Waals surface area contributed by atoms with Gasteiger partial charge in [-0.25, -0.2) is 13.1 Å². The van der Waals surface area contributed by atoms with Gasteiger partial charge in [0.25, 0.3) is 0 Å². The largest absolute Gasteiger partial charge is 0.389 e. The highest BCUT2D eigenvalue weighted by Gasteiger charge is 2.29. The van der Waals surface area contributed by atoms with Crippen molar-refractivity contribution in [3.8, 4) is 0 Å². The summed E-state index contributed by atoms with van der Waals surface area (Å²) in [7, 11) is -3.56. The SMILES string of the molecule is CCC(C)C(C)(O)CNS(=O)(=O)c1ccc(C)cc1. The van der Waals surface area contributed by atoms with Gasteiger partial charge in [-0.15, -0.1) is 0 Å². The molecule has 0 aliphatic carbocycles. The lowest BCUT2D eigenvalue weighted by molar-refractivity contribution is 0.0102. The van der Waals surface area contributed by atoms with Crippen molar-refractivity contribution in [3.05, 3.63) is 29.8 Å². The van der Waals surface area contributed by atoms with E-state index in [1.807, 2.05) is 20.8 Å². The average Bonchev–Trinajstić information content (AvgIpc) is 2.36. The van der Waals surface area contributed by atoms with Crippen molar-refractivity contribution >= 4 is 10.0 Å². The van der Waals surface area contributed by atoms with Crippen molar-refractivity contribution in [3.63, 3.8) is 0 Å². The van der Waals surface area contributed by atoms with Crippen LogP contribution in [0.25, 0.3) is 0 Å². The molecule has 0 aliphatic heterocycles. The van der Waals surface area contributed by atoms with Crippen LogP contribution in [0.1, 0.15) is 32.8 Å². The Kier molecular flexibility index (Phi) is 5.12. The van der Waals surface area contributed by atoms with Gasteiger partial charge in [0, 0.05) is 6.54 Å². The van der Waals surface area contributed by atoms with Gasteiger partial charge >= 0.3 is 0 Å². The zero-order valence-electron chi connectivity index (χ0n) is 12.0. The van der Waals surface area contributed by atoms with Crippen molar-refractivity contribution in [2.75, 3.05) is 6.54 Å². The summed E-state index contributed by atoms with van der Waals surface area (Å²) >= 11 is 0. The van der Waals surface area contributed by atoms with Gasteiger partial charge in [0.2, 0.25) is 10.0 Å². The van der Waals surface area contributed by atoms with Crippen LogP contribution < -0.4 is 4.72 Å². The van der Waals surface area contributed by atoms with Crippen molar-refractivity contribution < 1.29 is 13.5 Å². The topological polar surface area (TPSA) is 66.4 Å². The molecular weight excluding hydrogens is 262 g/mol. The van der Waals surface area contributed by atoms with E-state index >= 15 is 0 Å². The fourth-order valence-corrected chi connectivity index (χ4v) is 2.80. The summed E-state index contributed by atoms with van der Waals surface area (Å²) in [6.07, 6.45) is 0.791. The summed E-state index contributed by atoms with van der Waals surface area (Å²) in [5.41, 5.74) is -0.0439. The number of hydrogen-bond donors (Lipinski definition) is 2. The van der Waals surface area contributed by atoms with E-state index in [-0.39, 0.29) is 17.4 Å². The molecule has 4 nitrogen and oxygen atoms in total. The quantitative estimate of drug-likeness (QED) is 0.841. The second-order valence-electron chi connectivity index (χ2n) is 5.30. The van der Waals surface area contributed by atoms with Crippen LogP contribution in [0.4, 0.5) is 0 Å². The van der Waals surface area contributed by atoms with Gasteiger partial charge < -0.3 is 5.11 Å². The second-order valence-corrected chi connectivity index (χ2v) is 7.07. The van der Waals surface area contributed by atoms with Crippen molar-refractivity contribution in [1.29, 1.82) is 0 Å². The van der Waals surface area contributed by atoms with Crippen molar-refractivity contribution in [2.45, 2.75) is 44.6 Å². The highest BCUT2D eigenvalue weighted by atomic mass is 32.2. The van der Waals surface area contributed by atoms with E-state index in [9.17, 15) is 13.5 Å². The molecule has 2 atom stereocenters. The lowest BCUT2D eigenvalue weighted by atomic mass is 9.89. The van der Waals surface area contributed by atoms with Crippen LogP contribution in [0.2, 0.25) is 0 Å². The summed E-state index contributed by atoms with van der Waals surface area (Å²) in [5, 5.41) is 10.2. The van der Waals surface area contributed by atoms with Crippen LogP contribution in [0.5, 0.6) is 0 Å². The van der Waals surface area contributed by atoms with E-state index in [4.69, 9.17) is 0 Å². The number of sulfonamides is 1. The molecule has 5 heteroatoms. The van der Waals surface area contributed by atoms with Crippen LogP contribution in [-0.4, -0.2) is 25.7 Å². The van der Waals surface area contributed by atoms with E-state index in [0.717, 1.165) is 12.0 Å². The Labute approximate surface area is 115 Å². The summed E-state index contributed by atoms with van der Waals surface area (Å²) < 4.78 is 26.6. The molecule has 0 aromatic heterocycles. The van der Waals surface area contributed by atoms with Gasteiger partial charge in [0.05, 0.1) is 10.5 Å². The van der Waals surface area contributed by atoms with E-state index in [1.165, 1.54) is 0 Å². The molecule has 0 bridgehead atoms. The fraction of sp³-hybridized carbons (Fsp3) is 0.571. The van der Waals surface area contributed by atoms with Crippen LogP contribution in [0.15, 0.2) is 29.2 Å². The zero-order chi connectivity index (χ0) is 14.7. The summed E-state index contributed by atoms with van der Waals surface area (Å²) in [6.45, 7) is 7.43. The van der Waals surface area contributed by atoms with Gasteiger partial charge in [-0.2, -0.15) is 0 Å². The molecule has 0 fully saturated rings. The van der Waals surface area contributed by atoms with Crippen molar-refractivity contribution in [1.82, 2.24) is 4.72 Å². The molecule has 2 unspecified atom stereocenters. The number of aryl methyl sites for hydroxylation is 1. The maximum absolute atomic E-state index is 12.1. The number of aliphatic hydroxyl groups is 1. The summed E-state index contributed by atoms with van der Waals surface area (Å²) in [5.74, 6) is 0.0215. The normalized spacial score (nSPS) is 16.9. The summed E-state index contributed by atoms with van der Waals surface area (Å²) in [6, 6.07) is 6.63. The smallest absolute Gasteiger partial charge is 0.240 e. The Morgan fingerprint density at radius 3 is 2.32 bits per heavy atom. The first-order valence-electron chi connectivity index (χ1n) is 6.48.